The van der Waals surface area contributed by atoms with Gasteiger partial charge in [-0.25, -0.2) is 19.9 Å². The molecule has 142 valence electrons. The van der Waals surface area contributed by atoms with Gasteiger partial charge in [-0.05, 0) is 31.0 Å². The van der Waals surface area contributed by atoms with E-state index in [9.17, 15) is 4.79 Å². The molecule has 3 aromatic rings. The molecular formula is C20H21N7O. The summed E-state index contributed by atoms with van der Waals surface area (Å²) in [6.07, 6.45) is 8.74. The van der Waals surface area contributed by atoms with Crippen molar-refractivity contribution in [3.05, 3.63) is 54.9 Å². The van der Waals surface area contributed by atoms with Crippen LogP contribution in [0, 0.1) is 0 Å². The molecule has 1 unspecified atom stereocenters. The average molecular weight is 375 g/mol. The molecule has 0 bridgehead atoms. The Labute approximate surface area is 163 Å². The second-order valence-electron chi connectivity index (χ2n) is 6.74. The first-order valence-corrected chi connectivity index (χ1v) is 9.28. The van der Waals surface area contributed by atoms with Gasteiger partial charge in [0, 0.05) is 62.3 Å². The van der Waals surface area contributed by atoms with Gasteiger partial charge in [-0.2, -0.15) is 0 Å². The predicted molar refractivity (Wildman–Crippen MR) is 105 cm³/mol. The molecule has 4 rings (SSSR count). The lowest BCUT2D eigenvalue weighted by atomic mass is 9.97. The van der Waals surface area contributed by atoms with E-state index in [1.807, 2.05) is 23.1 Å². The Morgan fingerprint density at radius 2 is 2.04 bits per heavy atom. The molecule has 0 spiro atoms. The molecule has 1 saturated heterocycles. The van der Waals surface area contributed by atoms with Crippen LogP contribution >= 0.6 is 0 Å². The van der Waals surface area contributed by atoms with Crippen LogP contribution < -0.4 is 5.32 Å². The first kappa shape index (κ1) is 18.0. The zero-order valence-electron chi connectivity index (χ0n) is 15.6. The Bertz CT molecular complexity index is 949. The Hall–Kier alpha value is -3.42. The van der Waals surface area contributed by atoms with Gasteiger partial charge in [0.2, 0.25) is 11.9 Å². The number of aromatic nitrogens is 5. The quantitative estimate of drug-likeness (QED) is 0.749. The lowest BCUT2D eigenvalue weighted by molar-refractivity contribution is -0.130. The van der Waals surface area contributed by atoms with Crippen LogP contribution in [0.3, 0.4) is 0 Å². The zero-order chi connectivity index (χ0) is 19.3. The van der Waals surface area contributed by atoms with Crippen molar-refractivity contribution in [2.45, 2.75) is 25.7 Å². The van der Waals surface area contributed by atoms with E-state index in [-0.39, 0.29) is 11.8 Å². The number of anilines is 2. The lowest BCUT2D eigenvalue weighted by Crippen LogP contribution is -2.38. The summed E-state index contributed by atoms with van der Waals surface area (Å²) >= 11 is 0. The molecule has 28 heavy (non-hydrogen) atoms. The van der Waals surface area contributed by atoms with E-state index < -0.39 is 0 Å². The standard InChI is InChI=1S/C20H21N7O/c1-14(28)27-10-3-6-16(13-27)19-24-17(15-5-2-7-21-12-15)11-18(25-19)26-20-22-8-4-9-23-20/h2,4-5,7-9,11-12,16H,3,6,10,13H2,1H3,(H,22,23,24,25,26). The molecule has 8 nitrogen and oxygen atoms in total. The van der Waals surface area contributed by atoms with Crippen LogP contribution in [0.2, 0.25) is 0 Å². The van der Waals surface area contributed by atoms with Crippen molar-refractivity contribution in [3.8, 4) is 11.3 Å². The number of likely N-dealkylation sites (tertiary alicyclic amines) is 1. The summed E-state index contributed by atoms with van der Waals surface area (Å²) in [5.41, 5.74) is 1.68. The summed E-state index contributed by atoms with van der Waals surface area (Å²) < 4.78 is 0. The maximum Gasteiger partial charge on any atom is 0.228 e. The number of pyridine rings is 1. The second-order valence-corrected chi connectivity index (χ2v) is 6.74. The molecular weight excluding hydrogens is 354 g/mol. The Balaban J connectivity index is 1.70. The molecule has 0 aromatic carbocycles. The van der Waals surface area contributed by atoms with Gasteiger partial charge in [0.15, 0.2) is 0 Å². The number of rotatable bonds is 4. The number of piperidine rings is 1. The number of hydrogen-bond acceptors (Lipinski definition) is 7. The molecule has 1 aliphatic rings. The number of carbonyl (C=O) groups excluding carboxylic acids is 1. The maximum absolute atomic E-state index is 11.8. The molecule has 0 saturated carbocycles. The third-order valence-corrected chi connectivity index (χ3v) is 4.74. The van der Waals surface area contributed by atoms with Gasteiger partial charge in [-0.3, -0.25) is 9.78 Å². The van der Waals surface area contributed by atoms with E-state index >= 15 is 0 Å². The van der Waals surface area contributed by atoms with Crippen molar-refractivity contribution in [2.24, 2.45) is 0 Å². The van der Waals surface area contributed by atoms with Gasteiger partial charge in [0.1, 0.15) is 11.6 Å². The second kappa shape index (κ2) is 8.08. The Morgan fingerprint density at radius 3 is 2.79 bits per heavy atom. The zero-order valence-corrected chi connectivity index (χ0v) is 15.6. The highest BCUT2D eigenvalue weighted by molar-refractivity contribution is 5.73. The fourth-order valence-corrected chi connectivity index (χ4v) is 3.33. The molecule has 1 amide bonds. The van der Waals surface area contributed by atoms with Crippen molar-refractivity contribution in [2.75, 3.05) is 18.4 Å². The molecule has 0 radical (unpaired) electrons. The summed E-state index contributed by atoms with van der Waals surface area (Å²) in [6.45, 7) is 3.03. The molecule has 0 aliphatic carbocycles. The summed E-state index contributed by atoms with van der Waals surface area (Å²) in [5, 5.41) is 3.15. The van der Waals surface area contributed by atoms with Crippen LogP contribution in [0.4, 0.5) is 11.8 Å². The summed E-state index contributed by atoms with van der Waals surface area (Å²) in [4.78, 5) is 35.8. The van der Waals surface area contributed by atoms with Gasteiger partial charge < -0.3 is 10.2 Å². The number of hydrogen-bond donors (Lipinski definition) is 1. The monoisotopic (exact) mass is 375 g/mol. The summed E-state index contributed by atoms with van der Waals surface area (Å²) in [5.74, 6) is 1.98. The van der Waals surface area contributed by atoms with E-state index in [0.29, 0.717) is 24.1 Å². The van der Waals surface area contributed by atoms with Crippen molar-refractivity contribution < 1.29 is 4.79 Å². The molecule has 1 atom stereocenters. The van der Waals surface area contributed by atoms with Crippen LogP contribution in [0.1, 0.15) is 31.5 Å². The highest BCUT2D eigenvalue weighted by atomic mass is 16.2. The third-order valence-electron chi connectivity index (χ3n) is 4.74. The van der Waals surface area contributed by atoms with Crippen LogP contribution in [0.15, 0.2) is 49.1 Å². The highest BCUT2D eigenvalue weighted by Gasteiger charge is 2.25. The van der Waals surface area contributed by atoms with Gasteiger partial charge in [-0.1, -0.05) is 0 Å². The molecule has 3 aromatic heterocycles. The Kier molecular flexibility index (Phi) is 5.18. The average Bonchev–Trinajstić information content (AvgIpc) is 2.75. The van der Waals surface area contributed by atoms with Crippen molar-refractivity contribution in [1.29, 1.82) is 0 Å². The fraction of sp³-hybridized carbons (Fsp3) is 0.300. The maximum atomic E-state index is 11.8. The fourth-order valence-electron chi connectivity index (χ4n) is 3.33. The highest BCUT2D eigenvalue weighted by Crippen LogP contribution is 2.28. The Morgan fingerprint density at radius 1 is 1.18 bits per heavy atom. The van der Waals surface area contributed by atoms with Gasteiger partial charge in [0.25, 0.3) is 0 Å². The number of nitrogens with one attached hydrogen (secondary N) is 1. The normalized spacial score (nSPS) is 16.6. The predicted octanol–water partition coefficient (Wildman–Crippen LogP) is 2.80. The lowest BCUT2D eigenvalue weighted by Gasteiger charge is -2.31. The van der Waals surface area contributed by atoms with Gasteiger partial charge in [-0.15, -0.1) is 0 Å². The number of amides is 1. The van der Waals surface area contributed by atoms with Gasteiger partial charge >= 0.3 is 0 Å². The minimum Gasteiger partial charge on any atom is -0.342 e. The first-order chi connectivity index (χ1) is 13.7. The van der Waals surface area contributed by atoms with E-state index in [2.05, 4.69) is 20.3 Å². The minimum atomic E-state index is 0.0872. The van der Waals surface area contributed by atoms with Crippen LogP contribution in [-0.4, -0.2) is 48.8 Å². The van der Waals surface area contributed by atoms with E-state index in [4.69, 9.17) is 9.97 Å². The van der Waals surface area contributed by atoms with E-state index in [1.54, 1.807) is 37.8 Å². The van der Waals surface area contributed by atoms with Crippen LogP contribution in [0.25, 0.3) is 11.3 Å². The topological polar surface area (TPSA) is 96.8 Å². The van der Waals surface area contributed by atoms with Crippen molar-refractivity contribution in [3.63, 3.8) is 0 Å². The molecule has 1 N–H and O–H groups in total. The summed E-state index contributed by atoms with van der Waals surface area (Å²) in [7, 11) is 0. The van der Waals surface area contributed by atoms with Gasteiger partial charge in [0.05, 0.1) is 5.69 Å². The van der Waals surface area contributed by atoms with Crippen molar-refractivity contribution in [1.82, 2.24) is 29.8 Å². The number of carbonyl (C=O) groups is 1. The smallest absolute Gasteiger partial charge is 0.228 e. The largest absolute Gasteiger partial charge is 0.342 e. The molecule has 8 heteroatoms. The van der Waals surface area contributed by atoms with Crippen LogP contribution in [0.5, 0.6) is 0 Å². The molecule has 4 heterocycles. The van der Waals surface area contributed by atoms with Crippen LogP contribution in [-0.2, 0) is 4.79 Å². The third kappa shape index (κ3) is 4.11. The number of nitrogens with zero attached hydrogens (tertiary/aromatic N) is 6. The molecule has 1 fully saturated rings. The van der Waals surface area contributed by atoms with E-state index in [0.717, 1.165) is 30.6 Å². The molecule has 1 aliphatic heterocycles. The van der Waals surface area contributed by atoms with Crippen molar-refractivity contribution >= 4 is 17.7 Å². The first-order valence-electron chi connectivity index (χ1n) is 9.28. The SMILES string of the molecule is CC(=O)N1CCCC(c2nc(Nc3ncccn3)cc(-c3cccnc3)n2)C1. The van der Waals surface area contributed by atoms with E-state index in [1.165, 1.54) is 0 Å². The summed E-state index contributed by atoms with van der Waals surface area (Å²) in [6, 6.07) is 7.46. The minimum absolute atomic E-state index is 0.0872.